The molecule has 0 unspecified atom stereocenters. The summed E-state index contributed by atoms with van der Waals surface area (Å²) in [5.74, 6) is -3.31. The number of anilines is 1. The summed E-state index contributed by atoms with van der Waals surface area (Å²) in [6, 6.07) is 4.89. The summed E-state index contributed by atoms with van der Waals surface area (Å²) in [6.07, 6.45) is -0.671. The van der Waals surface area contributed by atoms with Crippen LogP contribution >= 0.6 is 0 Å². The maximum absolute atomic E-state index is 11.8. The Morgan fingerprint density at radius 1 is 1.16 bits per heavy atom. The zero-order valence-electron chi connectivity index (χ0n) is 10.2. The molecule has 7 nitrogen and oxygen atoms in total. The first kappa shape index (κ1) is 14.5. The number of nitrogens with one attached hydrogen (secondary N) is 2. The summed E-state index contributed by atoms with van der Waals surface area (Å²) in [5.41, 5.74) is 1.06. The Balaban J connectivity index is 2.75. The monoisotopic (exact) mass is 266 g/mol. The average Bonchev–Trinajstić information content (AvgIpc) is 2.37. The van der Waals surface area contributed by atoms with E-state index in [-0.39, 0.29) is 5.56 Å². The lowest BCUT2D eigenvalue weighted by atomic mass is 10.1. The Hall–Kier alpha value is -2.57. The van der Waals surface area contributed by atoms with Crippen molar-refractivity contribution in [3.8, 4) is 0 Å². The number of amides is 1. The minimum absolute atomic E-state index is 0.260. The van der Waals surface area contributed by atoms with Gasteiger partial charge >= 0.3 is 11.9 Å². The fraction of sp³-hybridized carbons (Fsp3) is 0.250. The van der Waals surface area contributed by atoms with Crippen LogP contribution in [0.15, 0.2) is 24.3 Å². The van der Waals surface area contributed by atoms with Gasteiger partial charge in [0.15, 0.2) is 0 Å². The van der Waals surface area contributed by atoms with E-state index >= 15 is 0 Å². The molecule has 0 spiro atoms. The van der Waals surface area contributed by atoms with E-state index in [9.17, 15) is 14.4 Å². The molecule has 0 saturated carbocycles. The molecule has 0 aromatic heterocycles. The maximum atomic E-state index is 11.8. The minimum atomic E-state index is -1.45. The lowest BCUT2D eigenvalue weighted by molar-refractivity contribution is -0.145. The molecule has 1 atom stereocenters. The molecule has 0 aliphatic heterocycles. The van der Waals surface area contributed by atoms with E-state index in [4.69, 9.17) is 10.2 Å². The number of hydrogen-bond acceptors (Lipinski definition) is 4. The third-order valence-electron chi connectivity index (χ3n) is 2.42. The molecule has 0 saturated heterocycles. The van der Waals surface area contributed by atoms with E-state index in [0.717, 1.165) is 5.69 Å². The van der Waals surface area contributed by atoms with Crippen molar-refractivity contribution in [2.24, 2.45) is 0 Å². The molecule has 0 fully saturated rings. The van der Waals surface area contributed by atoms with Crippen LogP contribution in [0.2, 0.25) is 0 Å². The van der Waals surface area contributed by atoms with Crippen molar-refractivity contribution in [1.82, 2.24) is 5.32 Å². The van der Waals surface area contributed by atoms with Crippen molar-refractivity contribution in [1.29, 1.82) is 0 Å². The minimum Gasteiger partial charge on any atom is -0.481 e. The predicted molar refractivity (Wildman–Crippen MR) is 67.1 cm³/mol. The van der Waals surface area contributed by atoms with Gasteiger partial charge in [-0.1, -0.05) is 0 Å². The van der Waals surface area contributed by atoms with Crippen LogP contribution in [0, 0.1) is 0 Å². The standard InChI is InChI=1S/C12H14N2O5/c1-13-8-4-2-7(3-5-8)11(17)14-9(12(18)19)6-10(15)16/h2-5,9,13H,6H2,1H3,(H,14,17)(H,15,16)(H,18,19)/t9-/m0/s1. The molecular formula is C12H14N2O5. The Kier molecular flexibility index (Phi) is 4.87. The van der Waals surface area contributed by atoms with Gasteiger partial charge < -0.3 is 20.8 Å². The highest BCUT2D eigenvalue weighted by molar-refractivity contribution is 5.97. The van der Waals surface area contributed by atoms with Gasteiger partial charge in [0.25, 0.3) is 5.91 Å². The van der Waals surface area contributed by atoms with Crippen LogP contribution in [0.3, 0.4) is 0 Å². The zero-order chi connectivity index (χ0) is 14.4. The second-order valence-corrected chi connectivity index (χ2v) is 3.79. The number of hydrogen-bond donors (Lipinski definition) is 4. The second kappa shape index (κ2) is 6.39. The molecule has 19 heavy (non-hydrogen) atoms. The molecule has 0 bridgehead atoms. The normalized spacial score (nSPS) is 11.4. The Labute approximate surface area is 109 Å². The first-order valence-corrected chi connectivity index (χ1v) is 5.47. The molecular weight excluding hydrogens is 252 g/mol. The van der Waals surface area contributed by atoms with Crippen molar-refractivity contribution in [3.05, 3.63) is 29.8 Å². The highest BCUT2D eigenvalue weighted by atomic mass is 16.4. The molecule has 102 valence electrons. The van der Waals surface area contributed by atoms with Gasteiger partial charge in [-0.15, -0.1) is 0 Å². The summed E-state index contributed by atoms with van der Waals surface area (Å²) in [5, 5.41) is 22.4. The smallest absolute Gasteiger partial charge is 0.326 e. The van der Waals surface area contributed by atoms with E-state index in [2.05, 4.69) is 10.6 Å². The lowest BCUT2D eigenvalue weighted by Crippen LogP contribution is -2.42. The van der Waals surface area contributed by atoms with Crippen LogP contribution in [0.4, 0.5) is 5.69 Å². The molecule has 1 aromatic rings. The molecule has 0 aliphatic carbocycles. The third-order valence-corrected chi connectivity index (χ3v) is 2.42. The number of aliphatic carboxylic acids is 2. The van der Waals surface area contributed by atoms with Crippen LogP contribution in [-0.4, -0.2) is 41.1 Å². The number of carbonyl (C=O) groups excluding carboxylic acids is 1. The first-order valence-electron chi connectivity index (χ1n) is 5.47. The number of benzene rings is 1. The molecule has 1 aromatic carbocycles. The highest BCUT2D eigenvalue weighted by Crippen LogP contribution is 2.09. The fourth-order valence-corrected chi connectivity index (χ4v) is 1.40. The summed E-state index contributed by atoms with van der Waals surface area (Å²) < 4.78 is 0. The molecule has 0 aliphatic rings. The van der Waals surface area contributed by atoms with E-state index in [1.54, 1.807) is 19.2 Å². The van der Waals surface area contributed by atoms with Gasteiger partial charge in [-0.3, -0.25) is 9.59 Å². The first-order chi connectivity index (χ1) is 8.93. The topological polar surface area (TPSA) is 116 Å². The molecule has 0 heterocycles. The van der Waals surface area contributed by atoms with Crippen molar-refractivity contribution >= 4 is 23.5 Å². The van der Waals surface area contributed by atoms with Gasteiger partial charge in [-0.05, 0) is 24.3 Å². The molecule has 7 heteroatoms. The SMILES string of the molecule is CNc1ccc(C(=O)N[C@@H](CC(=O)O)C(=O)O)cc1. The average molecular weight is 266 g/mol. The van der Waals surface area contributed by atoms with Gasteiger partial charge in [0.1, 0.15) is 6.04 Å². The van der Waals surface area contributed by atoms with Crippen LogP contribution in [0.1, 0.15) is 16.8 Å². The summed E-state index contributed by atoms with van der Waals surface area (Å²) in [7, 11) is 1.72. The summed E-state index contributed by atoms with van der Waals surface area (Å²) >= 11 is 0. The van der Waals surface area contributed by atoms with Crippen molar-refractivity contribution in [2.75, 3.05) is 12.4 Å². The van der Waals surface area contributed by atoms with Gasteiger partial charge in [-0.2, -0.15) is 0 Å². The van der Waals surface area contributed by atoms with Crippen LogP contribution in [0.25, 0.3) is 0 Å². The van der Waals surface area contributed by atoms with Gasteiger partial charge in [0.05, 0.1) is 6.42 Å². The van der Waals surface area contributed by atoms with E-state index in [1.165, 1.54) is 12.1 Å². The molecule has 4 N–H and O–H groups in total. The number of carbonyl (C=O) groups is 3. The highest BCUT2D eigenvalue weighted by Gasteiger charge is 2.23. The maximum Gasteiger partial charge on any atom is 0.326 e. The second-order valence-electron chi connectivity index (χ2n) is 3.79. The summed E-state index contributed by atoms with van der Waals surface area (Å²) in [6.45, 7) is 0. The fourth-order valence-electron chi connectivity index (χ4n) is 1.40. The Morgan fingerprint density at radius 3 is 2.16 bits per heavy atom. The Bertz CT molecular complexity index is 483. The number of carboxylic acid groups (broad SMARTS) is 2. The third kappa shape index (κ3) is 4.30. The van der Waals surface area contributed by atoms with Crippen LogP contribution in [0.5, 0.6) is 0 Å². The number of rotatable bonds is 6. The van der Waals surface area contributed by atoms with Gasteiger partial charge in [0.2, 0.25) is 0 Å². The van der Waals surface area contributed by atoms with E-state index in [1.807, 2.05) is 0 Å². The van der Waals surface area contributed by atoms with E-state index in [0.29, 0.717) is 0 Å². The Morgan fingerprint density at radius 2 is 1.74 bits per heavy atom. The molecule has 1 amide bonds. The van der Waals surface area contributed by atoms with Gasteiger partial charge in [-0.25, -0.2) is 4.79 Å². The predicted octanol–water partition coefficient (Wildman–Crippen LogP) is 0.386. The van der Waals surface area contributed by atoms with E-state index < -0.39 is 30.3 Å². The quantitative estimate of drug-likeness (QED) is 0.592. The van der Waals surface area contributed by atoms with Crippen LogP contribution in [-0.2, 0) is 9.59 Å². The van der Waals surface area contributed by atoms with Crippen molar-refractivity contribution in [3.63, 3.8) is 0 Å². The molecule has 1 rings (SSSR count). The van der Waals surface area contributed by atoms with Crippen LogP contribution < -0.4 is 10.6 Å². The van der Waals surface area contributed by atoms with Crippen molar-refractivity contribution < 1.29 is 24.6 Å². The van der Waals surface area contributed by atoms with Gasteiger partial charge in [0, 0.05) is 18.3 Å². The van der Waals surface area contributed by atoms with Crippen molar-refractivity contribution in [2.45, 2.75) is 12.5 Å². The summed E-state index contributed by atoms with van der Waals surface area (Å²) in [4.78, 5) is 33.1. The zero-order valence-corrected chi connectivity index (χ0v) is 10.2. The largest absolute Gasteiger partial charge is 0.481 e. The number of carboxylic acids is 2. The lowest BCUT2D eigenvalue weighted by Gasteiger charge is -2.12. The molecule has 0 radical (unpaired) electrons.